The van der Waals surface area contributed by atoms with Gasteiger partial charge in [-0.3, -0.25) is 0 Å². The topological polar surface area (TPSA) is 8.17 Å². The van der Waals surface area contributed by atoms with E-state index in [1.54, 1.807) is 0 Å². The average molecular weight is 897 g/mol. The molecule has 0 N–H and O–H groups in total. The molecule has 0 radical (unpaired) electrons. The van der Waals surface area contributed by atoms with Gasteiger partial charge in [0.25, 0.3) is 0 Å². The largest absolute Gasteiger partial charge is 0.310 e. The molecule has 0 aliphatic carbocycles. The summed E-state index contributed by atoms with van der Waals surface area (Å²) in [7, 11) is -2.71. The van der Waals surface area contributed by atoms with E-state index in [0.29, 0.717) is 0 Å². The van der Waals surface area contributed by atoms with E-state index in [1.165, 1.54) is 70.4 Å². The smallest absolute Gasteiger partial charge is 0.179 e. The SMILES string of the molecule is c1ccc(-c2ccc(-c3ccc(N(c4ccc(-c5cccc([Si](c6ccccc6)(c6ccccc6)c6ccccc6)c5)cc4)c4cccc5c4c4ccccc4n5-c4ccccc4)cc3)cc2)cc1. The van der Waals surface area contributed by atoms with Crippen molar-refractivity contribution in [2.75, 3.05) is 4.90 Å². The van der Waals surface area contributed by atoms with Gasteiger partial charge >= 0.3 is 0 Å². The molecule has 0 saturated heterocycles. The van der Waals surface area contributed by atoms with Crippen LogP contribution in [0.2, 0.25) is 0 Å². The van der Waals surface area contributed by atoms with Gasteiger partial charge in [0.2, 0.25) is 0 Å². The van der Waals surface area contributed by atoms with Crippen LogP contribution in [0.1, 0.15) is 0 Å². The second kappa shape index (κ2) is 18.1. The quantitative estimate of drug-likeness (QED) is 0.0928. The number of fused-ring (bicyclic) bond motifs is 3. The first kappa shape index (κ1) is 41.7. The highest BCUT2D eigenvalue weighted by Crippen LogP contribution is 2.44. The number of nitrogens with zero attached hydrogens (tertiary/aromatic N) is 2. The highest BCUT2D eigenvalue weighted by molar-refractivity contribution is 7.19. The lowest BCUT2D eigenvalue weighted by molar-refractivity contribution is 1.18. The van der Waals surface area contributed by atoms with Gasteiger partial charge in [0.05, 0.1) is 16.7 Å². The molecule has 0 saturated carbocycles. The molecule has 12 rings (SSSR count). The maximum atomic E-state index is 2.45. The van der Waals surface area contributed by atoms with Crippen molar-refractivity contribution in [3.63, 3.8) is 0 Å². The summed E-state index contributed by atoms with van der Waals surface area (Å²) in [5.74, 6) is 0. The third kappa shape index (κ3) is 7.56. The molecular formula is C66H48N2Si. The standard InChI is InChI=1S/C66H48N2Si/c1-6-20-49(21-7-1)50-36-38-51(39-37-50)52-40-44-56(45-41-52)67(64-34-19-35-65-66(64)62-32-16-17-33-63(62)68(65)55-23-8-2-9-24-55)57-46-42-53(43-47-57)54-22-18-31-61(48-54)69(58-25-10-3-11-26-58,59-27-12-4-13-28-59)60-29-14-5-15-30-60/h1-48H. The van der Waals surface area contributed by atoms with Gasteiger partial charge < -0.3 is 9.47 Å². The molecule has 2 nitrogen and oxygen atoms in total. The molecule has 0 amide bonds. The predicted molar refractivity (Wildman–Crippen MR) is 295 cm³/mol. The summed E-state index contributed by atoms with van der Waals surface area (Å²) in [5.41, 5.74) is 13.9. The van der Waals surface area contributed by atoms with E-state index in [4.69, 9.17) is 0 Å². The van der Waals surface area contributed by atoms with Gasteiger partial charge in [-0.05, 0) is 109 Å². The molecule has 0 aliphatic heterocycles. The number of hydrogen-bond acceptors (Lipinski definition) is 1. The molecule has 0 fully saturated rings. The molecule has 3 heteroatoms. The lowest BCUT2D eigenvalue weighted by Crippen LogP contribution is -2.74. The first-order chi connectivity index (χ1) is 34.2. The normalized spacial score (nSPS) is 11.5. The molecular weight excluding hydrogens is 849 g/mol. The molecule has 1 aromatic heterocycles. The van der Waals surface area contributed by atoms with Gasteiger partial charge in [0, 0.05) is 27.8 Å². The summed E-state index contributed by atoms with van der Waals surface area (Å²) in [5, 5.41) is 7.86. The fourth-order valence-electron chi connectivity index (χ4n) is 10.6. The van der Waals surface area contributed by atoms with E-state index >= 15 is 0 Å². The molecule has 0 unspecified atom stereocenters. The third-order valence-corrected chi connectivity index (χ3v) is 18.5. The zero-order chi connectivity index (χ0) is 46.0. The van der Waals surface area contributed by atoms with E-state index in [0.717, 1.165) is 28.3 Å². The molecule has 0 bridgehead atoms. The lowest BCUT2D eigenvalue weighted by Gasteiger charge is -2.34. The van der Waals surface area contributed by atoms with Crippen molar-refractivity contribution >= 4 is 67.7 Å². The molecule has 0 aliphatic rings. The van der Waals surface area contributed by atoms with Crippen molar-refractivity contribution in [1.29, 1.82) is 0 Å². The Morgan fingerprint density at radius 3 is 1.19 bits per heavy atom. The van der Waals surface area contributed by atoms with E-state index in [-0.39, 0.29) is 0 Å². The van der Waals surface area contributed by atoms with Crippen LogP contribution in [0.3, 0.4) is 0 Å². The van der Waals surface area contributed by atoms with E-state index in [1.807, 2.05) is 0 Å². The monoisotopic (exact) mass is 896 g/mol. The van der Waals surface area contributed by atoms with E-state index in [9.17, 15) is 0 Å². The first-order valence-corrected chi connectivity index (χ1v) is 25.8. The van der Waals surface area contributed by atoms with Gasteiger partial charge in [-0.1, -0.05) is 237 Å². The van der Waals surface area contributed by atoms with Crippen molar-refractivity contribution < 1.29 is 0 Å². The van der Waals surface area contributed by atoms with Gasteiger partial charge in [-0.15, -0.1) is 0 Å². The van der Waals surface area contributed by atoms with Crippen LogP contribution in [0.25, 0.3) is 60.9 Å². The van der Waals surface area contributed by atoms with Crippen LogP contribution < -0.4 is 25.6 Å². The van der Waals surface area contributed by atoms with Crippen LogP contribution in [0.5, 0.6) is 0 Å². The molecule has 11 aromatic carbocycles. The molecule has 1 heterocycles. The zero-order valence-corrected chi connectivity index (χ0v) is 39.1. The van der Waals surface area contributed by atoms with Crippen LogP contribution in [0.4, 0.5) is 17.1 Å². The maximum absolute atomic E-state index is 2.71. The van der Waals surface area contributed by atoms with Crippen molar-refractivity contribution in [3.05, 3.63) is 291 Å². The molecule has 326 valence electrons. The summed E-state index contributed by atoms with van der Waals surface area (Å²) in [6.45, 7) is 0. The fraction of sp³-hybridized carbons (Fsp3) is 0. The summed E-state index contributed by atoms with van der Waals surface area (Å²) in [4.78, 5) is 2.44. The lowest BCUT2D eigenvalue weighted by atomic mass is 10.00. The van der Waals surface area contributed by atoms with Crippen molar-refractivity contribution in [1.82, 2.24) is 4.57 Å². The van der Waals surface area contributed by atoms with E-state index in [2.05, 4.69) is 301 Å². The van der Waals surface area contributed by atoms with E-state index < -0.39 is 8.07 Å². The number of aromatic nitrogens is 1. The van der Waals surface area contributed by atoms with Crippen LogP contribution in [-0.2, 0) is 0 Å². The Bertz CT molecular complexity index is 3570. The maximum Gasteiger partial charge on any atom is 0.179 e. The second-order valence-electron chi connectivity index (χ2n) is 17.7. The molecule has 0 atom stereocenters. The first-order valence-electron chi connectivity index (χ1n) is 23.8. The van der Waals surface area contributed by atoms with Crippen LogP contribution in [-0.4, -0.2) is 12.6 Å². The van der Waals surface area contributed by atoms with Gasteiger partial charge in [-0.25, -0.2) is 0 Å². The van der Waals surface area contributed by atoms with Gasteiger partial charge in [0.1, 0.15) is 0 Å². The van der Waals surface area contributed by atoms with Crippen molar-refractivity contribution in [2.24, 2.45) is 0 Å². The Morgan fingerprint density at radius 1 is 0.275 bits per heavy atom. The average Bonchev–Trinajstić information content (AvgIpc) is 3.78. The Morgan fingerprint density at radius 2 is 0.652 bits per heavy atom. The minimum Gasteiger partial charge on any atom is -0.310 e. The predicted octanol–water partition coefficient (Wildman–Crippen LogP) is 14.6. The highest BCUT2D eigenvalue weighted by atomic mass is 28.3. The number of anilines is 3. The van der Waals surface area contributed by atoms with Crippen LogP contribution in [0.15, 0.2) is 291 Å². The fourth-order valence-corrected chi connectivity index (χ4v) is 15.4. The summed E-state index contributed by atoms with van der Waals surface area (Å²) >= 11 is 0. The zero-order valence-electron chi connectivity index (χ0n) is 38.1. The third-order valence-electron chi connectivity index (χ3n) is 13.8. The van der Waals surface area contributed by atoms with Crippen LogP contribution >= 0.6 is 0 Å². The molecule has 12 aromatic rings. The Kier molecular flexibility index (Phi) is 11.0. The number of hydrogen-bond donors (Lipinski definition) is 0. The number of benzene rings is 11. The van der Waals surface area contributed by atoms with Gasteiger partial charge in [0.15, 0.2) is 8.07 Å². The molecule has 69 heavy (non-hydrogen) atoms. The highest BCUT2D eigenvalue weighted by Gasteiger charge is 2.41. The summed E-state index contributed by atoms with van der Waals surface area (Å²) < 4.78 is 2.40. The number of para-hydroxylation sites is 2. The Balaban J connectivity index is 0.990. The van der Waals surface area contributed by atoms with Crippen LogP contribution in [0, 0.1) is 0 Å². The summed E-state index contributed by atoms with van der Waals surface area (Å²) in [6.07, 6.45) is 0. The van der Waals surface area contributed by atoms with Crippen molar-refractivity contribution in [3.8, 4) is 39.1 Å². The Labute approximate surface area is 405 Å². The summed E-state index contributed by atoms with van der Waals surface area (Å²) in [6, 6.07) is 107. The van der Waals surface area contributed by atoms with Gasteiger partial charge in [-0.2, -0.15) is 0 Å². The number of rotatable bonds is 11. The second-order valence-corrected chi connectivity index (χ2v) is 21.5. The van der Waals surface area contributed by atoms with Crippen molar-refractivity contribution in [2.45, 2.75) is 0 Å². The molecule has 0 spiro atoms. The minimum atomic E-state index is -2.71. The Hall–Kier alpha value is -8.76. The minimum absolute atomic E-state index is 1.08.